The van der Waals surface area contributed by atoms with Crippen LogP contribution in [0.2, 0.25) is 10.0 Å². The predicted octanol–water partition coefficient (Wildman–Crippen LogP) is 5.11. The Hall–Kier alpha value is -3.22. The molecule has 0 aliphatic heterocycles. The number of rotatable bonds is 9. The molecule has 3 aromatic carbocycles. The molecule has 1 N–H and O–H groups in total. The lowest BCUT2D eigenvalue weighted by molar-refractivity contribution is -0.123. The first-order chi connectivity index (χ1) is 15.1. The van der Waals surface area contributed by atoms with E-state index < -0.39 is 5.91 Å². The minimum atomic E-state index is -0.410. The van der Waals surface area contributed by atoms with E-state index in [0.717, 1.165) is 5.56 Å². The smallest absolute Gasteiger partial charge is 0.277 e. The van der Waals surface area contributed by atoms with Gasteiger partial charge in [-0.2, -0.15) is 5.10 Å². The molecule has 6 nitrogen and oxygen atoms in total. The molecule has 0 spiro atoms. The van der Waals surface area contributed by atoms with Crippen LogP contribution in [-0.4, -0.2) is 25.8 Å². The fourth-order valence-electron chi connectivity index (χ4n) is 2.60. The number of hydrogen-bond donors (Lipinski definition) is 1. The Morgan fingerprint density at radius 1 is 1.00 bits per heavy atom. The molecule has 0 radical (unpaired) electrons. The lowest BCUT2D eigenvalue weighted by Gasteiger charge is -2.13. The minimum Gasteiger partial charge on any atom is -0.493 e. The number of para-hydroxylation sites is 1. The molecule has 0 atom stereocenters. The zero-order valence-corrected chi connectivity index (χ0v) is 18.2. The zero-order chi connectivity index (χ0) is 22.1. The van der Waals surface area contributed by atoms with Gasteiger partial charge in [0.1, 0.15) is 12.4 Å². The number of methoxy groups -OCH3 is 1. The highest BCUT2D eigenvalue weighted by Crippen LogP contribution is 2.31. The summed E-state index contributed by atoms with van der Waals surface area (Å²) in [5.74, 6) is 1.15. The summed E-state index contributed by atoms with van der Waals surface area (Å²) in [5.41, 5.74) is 3.89. The molecule has 0 saturated carbocycles. The third-order valence-corrected chi connectivity index (χ3v) is 4.76. The van der Waals surface area contributed by atoms with Gasteiger partial charge in [0, 0.05) is 21.2 Å². The van der Waals surface area contributed by atoms with Gasteiger partial charge in [0.25, 0.3) is 5.91 Å². The molecule has 1 amide bonds. The van der Waals surface area contributed by atoms with Crippen molar-refractivity contribution in [1.29, 1.82) is 0 Å². The molecule has 0 aliphatic rings. The van der Waals surface area contributed by atoms with Gasteiger partial charge in [0.15, 0.2) is 18.1 Å². The number of hydrogen-bond acceptors (Lipinski definition) is 5. The van der Waals surface area contributed by atoms with Crippen molar-refractivity contribution < 1.29 is 19.0 Å². The Morgan fingerprint density at radius 2 is 1.77 bits per heavy atom. The molecular weight excluding hydrogens is 439 g/mol. The van der Waals surface area contributed by atoms with Gasteiger partial charge < -0.3 is 14.2 Å². The van der Waals surface area contributed by atoms with Gasteiger partial charge in [-0.05, 0) is 42.5 Å². The molecule has 0 heterocycles. The molecule has 31 heavy (non-hydrogen) atoms. The van der Waals surface area contributed by atoms with Crippen molar-refractivity contribution in [2.75, 3.05) is 13.7 Å². The van der Waals surface area contributed by atoms with E-state index in [9.17, 15) is 4.79 Å². The molecule has 0 fully saturated rings. The van der Waals surface area contributed by atoms with Gasteiger partial charge >= 0.3 is 0 Å². The summed E-state index contributed by atoms with van der Waals surface area (Å²) in [6, 6.07) is 19.5. The van der Waals surface area contributed by atoms with Crippen LogP contribution in [0.5, 0.6) is 17.2 Å². The molecule has 0 bridgehead atoms. The summed E-state index contributed by atoms with van der Waals surface area (Å²) in [4.78, 5) is 12.0. The summed E-state index contributed by atoms with van der Waals surface area (Å²) in [6.07, 6.45) is 1.48. The molecule has 3 rings (SSSR count). The van der Waals surface area contributed by atoms with Crippen molar-refractivity contribution in [2.45, 2.75) is 6.61 Å². The molecule has 160 valence electrons. The standard InChI is InChI=1S/C23H20Cl2N2O4/c1-29-21-8-4-6-16(23(21)31-14-17-5-2-3-7-20(17)25)13-26-27-22(28)15-30-19-11-9-18(24)10-12-19/h2-13H,14-15H2,1H3,(H,27,28). The van der Waals surface area contributed by atoms with Gasteiger partial charge in [0.05, 0.1) is 13.3 Å². The van der Waals surface area contributed by atoms with E-state index in [1.807, 2.05) is 18.2 Å². The minimum absolute atomic E-state index is 0.188. The Labute approximate surface area is 190 Å². The van der Waals surface area contributed by atoms with Gasteiger partial charge in [-0.25, -0.2) is 5.43 Å². The Bertz CT molecular complexity index is 1060. The second-order valence-corrected chi connectivity index (χ2v) is 7.14. The second kappa shape index (κ2) is 11.2. The molecule has 0 aromatic heterocycles. The number of amides is 1. The van der Waals surface area contributed by atoms with E-state index in [0.29, 0.717) is 32.9 Å². The van der Waals surface area contributed by atoms with Crippen molar-refractivity contribution in [3.8, 4) is 17.2 Å². The summed E-state index contributed by atoms with van der Waals surface area (Å²) in [7, 11) is 1.55. The van der Waals surface area contributed by atoms with Crippen LogP contribution in [0.15, 0.2) is 71.8 Å². The summed E-state index contributed by atoms with van der Waals surface area (Å²) < 4.78 is 16.7. The van der Waals surface area contributed by atoms with Crippen LogP contribution in [0.4, 0.5) is 0 Å². The highest BCUT2D eigenvalue weighted by atomic mass is 35.5. The van der Waals surface area contributed by atoms with E-state index in [-0.39, 0.29) is 13.2 Å². The van der Waals surface area contributed by atoms with Gasteiger partial charge in [-0.3, -0.25) is 4.79 Å². The number of benzene rings is 3. The highest BCUT2D eigenvalue weighted by molar-refractivity contribution is 6.31. The monoisotopic (exact) mass is 458 g/mol. The van der Waals surface area contributed by atoms with Crippen LogP contribution in [0.3, 0.4) is 0 Å². The lowest BCUT2D eigenvalue weighted by atomic mass is 10.2. The number of halogens is 2. The topological polar surface area (TPSA) is 69.2 Å². The average Bonchev–Trinajstić information content (AvgIpc) is 2.78. The predicted molar refractivity (Wildman–Crippen MR) is 121 cm³/mol. The molecule has 0 aliphatic carbocycles. The number of ether oxygens (including phenoxy) is 3. The Balaban J connectivity index is 1.62. The quantitative estimate of drug-likeness (QED) is 0.357. The SMILES string of the molecule is COc1cccc(C=NNC(=O)COc2ccc(Cl)cc2)c1OCc1ccccc1Cl. The number of carbonyl (C=O) groups is 1. The zero-order valence-electron chi connectivity index (χ0n) is 16.7. The Kier molecular flexibility index (Phi) is 8.15. The molecule has 3 aromatic rings. The summed E-state index contributed by atoms with van der Waals surface area (Å²) in [5, 5.41) is 5.19. The van der Waals surface area contributed by atoms with Crippen LogP contribution in [-0.2, 0) is 11.4 Å². The van der Waals surface area contributed by atoms with Crippen molar-refractivity contribution in [3.63, 3.8) is 0 Å². The molecule has 0 unspecified atom stereocenters. The van der Waals surface area contributed by atoms with E-state index in [2.05, 4.69) is 10.5 Å². The van der Waals surface area contributed by atoms with Crippen molar-refractivity contribution in [3.05, 3.63) is 87.9 Å². The highest BCUT2D eigenvalue weighted by Gasteiger charge is 2.11. The molecule has 0 saturated heterocycles. The molecule has 8 heteroatoms. The maximum absolute atomic E-state index is 12.0. The maximum atomic E-state index is 12.0. The van der Waals surface area contributed by atoms with Gasteiger partial charge in [-0.15, -0.1) is 0 Å². The first kappa shape index (κ1) is 22.5. The van der Waals surface area contributed by atoms with Gasteiger partial charge in [0.2, 0.25) is 0 Å². The fourth-order valence-corrected chi connectivity index (χ4v) is 2.92. The number of hydrazone groups is 1. The summed E-state index contributed by atoms with van der Waals surface area (Å²) in [6.45, 7) is 0.0646. The van der Waals surface area contributed by atoms with Crippen LogP contribution >= 0.6 is 23.2 Å². The number of nitrogens with zero attached hydrogens (tertiary/aromatic N) is 1. The Morgan fingerprint density at radius 3 is 2.52 bits per heavy atom. The van der Waals surface area contributed by atoms with Crippen molar-refractivity contribution in [2.24, 2.45) is 5.10 Å². The van der Waals surface area contributed by atoms with E-state index in [1.54, 1.807) is 55.6 Å². The lowest BCUT2D eigenvalue weighted by Crippen LogP contribution is -2.24. The molecular formula is C23H20Cl2N2O4. The normalized spacial score (nSPS) is 10.7. The number of nitrogens with one attached hydrogen (secondary N) is 1. The second-order valence-electron chi connectivity index (χ2n) is 6.29. The number of carbonyl (C=O) groups excluding carboxylic acids is 1. The first-order valence-electron chi connectivity index (χ1n) is 9.30. The third-order valence-electron chi connectivity index (χ3n) is 4.14. The van der Waals surface area contributed by atoms with Crippen LogP contribution in [0.25, 0.3) is 0 Å². The van der Waals surface area contributed by atoms with E-state index in [1.165, 1.54) is 6.21 Å². The summed E-state index contributed by atoms with van der Waals surface area (Å²) >= 11 is 12.0. The van der Waals surface area contributed by atoms with Gasteiger partial charge in [-0.1, -0.05) is 47.5 Å². The van der Waals surface area contributed by atoms with Crippen molar-refractivity contribution in [1.82, 2.24) is 5.43 Å². The maximum Gasteiger partial charge on any atom is 0.277 e. The largest absolute Gasteiger partial charge is 0.493 e. The van der Waals surface area contributed by atoms with Crippen LogP contribution in [0, 0.1) is 0 Å². The average molecular weight is 459 g/mol. The third kappa shape index (κ3) is 6.64. The van der Waals surface area contributed by atoms with E-state index in [4.69, 9.17) is 37.4 Å². The fraction of sp³-hybridized carbons (Fsp3) is 0.130. The van der Waals surface area contributed by atoms with E-state index >= 15 is 0 Å². The van der Waals surface area contributed by atoms with Crippen molar-refractivity contribution >= 4 is 35.3 Å². The first-order valence-corrected chi connectivity index (χ1v) is 10.1. The van der Waals surface area contributed by atoms with Crippen LogP contribution < -0.4 is 19.6 Å². The van der Waals surface area contributed by atoms with Crippen LogP contribution in [0.1, 0.15) is 11.1 Å².